The summed E-state index contributed by atoms with van der Waals surface area (Å²) in [4.78, 5) is 21.8. The maximum absolute atomic E-state index is 10.9. The quantitative estimate of drug-likeness (QED) is 0.371. The van der Waals surface area contributed by atoms with E-state index in [2.05, 4.69) is 0 Å². The van der Waals surface area contributed by atoms with Gasteiger partial charge in [-0.15, -0.1) is 0 Å². The Balaban J connectivity index is 3.30. The summed E-state index contributed by atoms with van der Waals surface area (Å²) in [5.74, 6) is -0.626. The summed E-state index contributed by atoms with van der Waals surface area (Å²) >= 11 is 0. The number of carbonyl (C=O) groups excluding carboxylic acids is 2. The lowest BCUT2D eigenvalue weighted by Gasteiger charge is -2.03. The number of hydrogen-bond donors (Lipinski definition) is 0. The van der Waals surface area contributed by atoms with Crippen molar-refractivity contribution >= 4 is 11.9 Å². The molecule has 0 aromatic carbocycles. The first kappa shape index (κ1) is 15.4. The Kier molecular flexibility index (Phi) is 9.91. The summed E-state index contributed by atoms with van der Waals surface area (Å²) in [5.41, 5.74) is 0. The first-order valence-electron chi connectivity index (χ1n) is 5.79. The molecule has 0 bridgehead atoms. The van der Waals surface area contributed by atoms with Gasteiger partial charge >= 0.3 is 11.9 Å². The molecule has 0 aliphatic carbocycles. The lowest BCUT2D eigenvalue weighted by atomic mass is 10.2. The molecule has 0 aromatic heterocycles. The van der Waals surface area contributed by atoms with Crippen LogP contribution in [0.15, 0.2) is 24.3 Å². The third kappa shape index (κ3) is 10.7. The lowest BCUT2D eigenvalue weighted by molar-refractivity contribution is -0.138. The Hall–Kier alpha value is -1.58. The van der Waals surface area contributed by atoms with Gasteiger partial charge in [0.2, 0.25) is 0 Å². The molecule has 17 heavy (non-hydrogen) atoms. The van der Waals surface area contributed by atoms with E-state index in [4.69, 9.17) is 9.47 Å². The van der Waals surface area contributed by atoms with Gasteiger partial charge in [-0.05, 0) is 33.1 Å². The maximum atomic E-state index is 10.9. The van der Waals surface area contributed by atoms with Crippen molar-refractivity contribution in [3.05, 3.63) is 24.3 Å². The van der Waals surface area contributed by atoms with Gasteiger partial charge < -0.3 is 9.47 Å². The molecule has 0 N–H and O–H groups in total. The maximum Gasteiger partial charge on any atom is 0.330 e. The standard InChI is InChI=1S/C13H20O4/c1-3-8-12(14)16-10-6-5-7-11-17-13(15)9-4-2/h3-4,8-9H,5-7,10-11H2,1-2H3/b8-3+,9-4+. The molecule has 0 aromatic rings. The molecule has 0 heterocycles. The molecular formula is C13H20O4. The zero-order valence-corrected chi connectivity index (χ0v) is 10.5. The Morgan fingerprint density at radius 3 is 1.59 bits per heavy atom. The molecule has 0 saturated heterocycles. The van der Waals surface area contributed by atoms with Crippen molar-refractivity contribution in [1.29, 1.82) is 0 Å². The van der Waals surface area contributed by atoms with Gasteiger partial charge in [0.25, 0.3) is 0 Å². The summed E-state index contributed by atoms with van der Waals surface area (Å²) < 4.78 is 9.81. The van der Waals surface area contributed by atoms with Crippen molar-refractivity contribution in [2.24, 2.45) is 0 Å². The minimum Gasteiger partial charge on any atom is -0.463 e. The highest BCUT2D eigenvalue weighted by Gasteiger charge is 1.97. The van der Waals surface area contributed by atoms with Crippen LogP contribution in [0, 0.1) is 0 Å². The zero-order chi connectivity index (χ0) is 12.9. The van der Waals surface area contributed by atoms with Gasteiger partial charge in [0.1, 0.15) is 0 Å². The van der Waals surface area contributed by atoms with Crippen LogP contribution in [-0.4, -0.2) is 25.2 Å². The van der Waals surface area contributed by atoms with E-state index in [-0.39, 0.29) is 11.9 Å². The van der Waals surface area contributed by atoms with Gasteiger partial charge in [-0.1, -0.05) is 12.2 Å². The van der Waals surface area contributed by atoms with Gasteiger partial charge in [0.05, 0.1) is 13.2 Å². The fraction of sp³-hybridized carbons (Fsp3) is 0.538. The fourth-order valence-electron chi connectivity index (χ4n) is 1.09. The van der Waals surface area contributed by atoms with Gasteiger partial charge in [-0.3, -0.25) is 0 Å². The van der Waals surface area contributed by atoms with Crippen molar-refractivity contribution in [2.45, 2.75) is 33.1 Å². The SMILES string of the molecule is C/C=C/C(=O)OCCCCCOC(=O)/C=C/C. The molecule has 0 rings (SSSR count). The first-order valence-corrected chi connectivity index (χ1v) is 5.79. The number of ether oxygens (including phenoxy) is 2. The average molecular weight is 240 g/mol. The number of allylic oxidation sites excluding steroid dienone is 2. The van der Waals surface area contributed by atoms with Crippen molar-refractivity contribution in [2.75, 3.05) is 13.2 Å². The van der Waals surface area contributed by atoms with Crippen LogP contribution in [0.2, 0.25) is 0 Å². The van der Waals surface area contributed by atoms with Crippen LogP contribution in [0.4, 0.5) is 0 Å². The molecule has 0 saturated carbocycles. The zero-order valence-electron chi connectivity index (χ0n) is 10.5. The molecule has 4 nitrogen and oxygen atoms in total. The van der Waals surface area contributed by atoms with E-state index < -0.39 is 0 Å². The van der Waals surface area contributed by atoms with Gasteiger partial charge in [0, 0.05) is 12.2 Å². The summed E-state index contributed by atoms with van der Waals surface area (Å²) in [7, 11) is 0. The third-order valence-electron chi connectivity index (χ3n) is 1.88. The Labute approximate surface area is 102 Å². The Morgan fingerprint density at radius 2 is 1.24 bits per heavy atom. The van der Waals surface area contributed by atoms with Gasteiger partial charge in [-0.2, -0.15) is 0 Å². The van der Waals surface area contributed by atoms with E-state index in [0.29, 0.717) is 13.2 Å². The molecule has 96 valence electrons. The largest absolute Gasteiger partial charge is 0.463 e. The number of carbonyl (C=O) groups is 2. The molecule has 0 radical (unpaired) electrons. The first-order chi connectivity index (χ1) is 8.20. The van der Waals surface area contributed by atoms with E-state index in [1.165, 1.54) is 12.2 Å². The Morgan fingerprint density at radius 1 is 0.824 bits per heavy atom. The predicted octanol–water partition coefficient (Wildman–Crippen LogP) is 2.40. The van der Waals surface area contributed by atoms with E-state index >= 15 is 0 Å². The Bertz CT molecular complexity index is 251. The van der Waals surface area contributed by atoms with E-state index in [1.807, 2.05) is 0 Å². The molecule has 0 spiro atoms. The lowest BCUT2D eigenvalue weighted by Crippen LogP contribution is -2.04. The average Bonchev–Trinajstić information content (AvgIpc) is 2.28. The molecule has 0 aliphatic heterocycles. The number of esters is 2. The third-order valence-corrected chi connectivity index (χ3v) is 1.88. The summed E-state index contributed by atoms with van der Waals surface area (Å²) in [6, 6.07) is 0. The summed E-state index contributed by atoms with van der Waals surface area (Å²) in [6.45, 7) is 4.35. The molecule has 0 amide bonds. The normalized spacial score (nSPS) is 10.9. The summed E-state index contributed by atoms with van der Waals surface area (Å²) in [6.07, 6.45) is 8.49. The fourth-order valence-corrected chi connectivity index (χ4v) is 1.09. The highest BCUT2D eigenvalue weighted by Crippen LogP contribution is 1.97. The molecule has 0 atom stereocenters. The molecule has 4 heteroatoms. The van der Waals surface area contributed by atoms with Gasteiger partial charge in [-0.25, -0.2) is 9.59 Å². The highest BCUT2D eigenvalue weighted by molar-refractivity contribution is 5.82. The van der Waals surface area contributed by atoms with Crippen molar-refractivity contribution < 1.29 is 19.1 Å². The predicted molar refractivity (Wildman–Crippen MR) is 65.4 cm³/mol. The van der Waals surface area contributed by atoms with Crippen LogP contribution in [0.25, 0.3) is 0 Å². The van der Waals surface area contributed by atoms with E-state index in [0.717, 1.165) is 19.3 Å². The number of hydrogen-bond acceptors (Lipinski definition) is 4. The van der Waals surface area contributed by atoms with Crippen LogP contribution >= 0.6 is 0 Å². The number of unbranched alkanes of at least 4 members (excludes halogenated alkanes) is 2. The topological polar surface area (TPSA) is 52.6 Å². The molecule has 0 aliphatic rings. The van der Waals surface area contributed by atoms with Crippen molar-refractivity contribution in [3.63, 3.8) is 0 Å². The van der Waals surface area contributed by atoms with Crippen molar-refractivity contribution in [1.82, 2.24) is 0 Å². The smallest absolute Gasteiger partial charge is 0.330 e. The van der Waals surface area contributed by atoms with Crippen LogP contribution in [0.1, 0.15) is 33.1 Å². The molecular weight excluding hydrogens is 220 g/mol. The van der Waals surface area contributed by atoms with E-state index in [1.54, 1.807) is 26.0 Å². The minimum absolute atomic E-state index is 0.313. The van der Waals surface area contributed by atoms with Crippen molar-refractivity contribution in [3.8, 4) is 0 Å². The van der Waals surface area contributed by atoms with E-state index in [9.17, 15) is 9.59 Å². The van der Waals surface area contributed by atoms with Crippen LogP contribution in [0.5, 0.6) is 0 Å². The van der Waals surface area contributed by atoms with Gasteiger partial charge in [0.15, 0.2) is 0 Å². The monoisotopic (exact) mass is 240 g/mol. The van der Waals surface area contributed by atoms with Crippen LogP contribution in [-0.2, 0) is 19.1 Å². The highest BCUT2D eigenvalue weighted by atomic mass is 16.5. The van der Waals surface area contributed by atoms with Crippen LogP contribution < -0.4 is 0 Å². The van der Waals surface area contributed by atoms with Crippen LogP contribution in [0.3, 0.4) is 0 Å². The molecule has 0 fully saturated rings. The second-order valence-electron chi connectivity index (χ2n) is 3.40. The number of rotatable bonds is 8. The second kappa shape index (κ2) is 10.9. The summed E-state index contributed by atoms with van der Waals surface area (Å²) in [5, 5.41) is 0. The molecule has 0 unspecified atom stereocenters. The second-order valence-corrected chi connectivity index (χ2v) is 3.40. The minimum atomic E-state index is -0.313.